The molecule has 1 heterocycles. The zero-order valence-electron chi connectivity index (χ0n) is 15.8. The van der Waals surface area contributed by atoms with E-state index in [2.05, 4.69) is 56.5 Å². The molecule has 1 aromatic carbocycles. The van der Waals surface area contributed by atoms with Crippen LogP contribution in [-0.2, 0) is 9.53 Å². The van der Waals surface area contributed by atoms with Gasteiger partial charge in [0, 0.05) is 23.3 Å². The van der Waals surface area contributed by atoms with E-state index in [1.807, 2.05) is 23.5 Å². The highest BCUT2D eigenvalue weighted by molar-refractivity contribution is 7.15. The summed E-state index contributed by atoms with van der Waals surface area (Å²) < 4.78 is 4.91. The summed E-state index contributed by atoms with van der Waals surface area (Å²) in [4.78, 5) is 14.6. The van der Waals surface area contributed by atoms with Crippen molar-refractivity contribution in [1.29, 1.82) is 0 Å². The average molecular weight is 370 g/mol. The number of amides is 1. The van der Waals surface area contributed by atoms with E-state index in [0.717, 1.165) is 18.4 Å². The fraction of sp³-hybridized carbons (Fsp3) is 0.227. The summed E-state index contributed by atoms with van der Waals surface area (Å²) in [6.07, 6.45) is 5.10. The van der Waals surface area contributed by atoms with Crippen LogP contribution in [0.25, 0.3) is 10.4 Å². The maximum absolute atomic E-state index is 10.3. The number of hydrogen-bond acceptors (Lipinski definition) is 3. The van der Waals surface area contributed by atoms with Gasteiger partial charge in [0.2, 0.25) is 6.41 Å². The summed E-state index contributed by atoms with van der Waals surface area (Å²) in [7, 11) is 3.30. The highest BCUT2D eigenvalue weighted by Gasteiger charge is 1.98. The number of rotatable bonds is 8. The molecule has 3 nitrogen and oxygen atoms in total. The number of thiophene rings is 1. The predicted molar refractivity (Wildman–Crippen MR) is 112 cm³/mol. The molecular formula is C22H27NO2S. The van der Waals surface area contributed by atoms with Gasteiger partial charge in [0.05, 0.1) is 7.11 Å². The van der Waals surface area contributed by atoms with Gasteiger partial charge in [-0.3, -0.25) is 4.79 Å². The van der Waals surface area contributed by atoms with E-state index >= 15 is 0 Å². The summed E-state index contributed by atoms with van der Waals surface area (Å²) in [6.45, 7) is 10.2. The molecule has 0 spiro atoms. The van der Waals surface area contributed by atoms with Crippen LogP contribution in [0.15, 0.2) is 79.1 Å². The molecule has 2 rings (SSSR count). The van der Waals surface area contributed by atoms with Crippen molar-refractivity contribution in [3.63, 3.8) is 0 Å². The van der Waals surface area contributed by atoms with Crippen LogP contribution in [-0.4, -0.2) is 32.0 Å². The Balaban J connectivity index is 0.000000262. The minimum atomic E-state index is 0.591. The van der Waals surface area contributed by atoms with Gasteiger partial charge in [0.1, 0.15) is 5.76 Å². The standard InChI is InChI=1S/C11H17NO2.C11H10S/c1-5-11(8-10(2)14-4)6-7-12(3)9-13;1-9-7-8-11(12-9)10-5-3-2-4-6-10/h5,8-9H,1-2,6-7H2,3-4H3;2-8H,1H3/b11-8+;. The van der Waals surface area contributed by atoms with E-state index in [9.17, 15) is 4.79 Å². The maximum Gasteiger partial charge on any atom is 0.209 e. The number of carbonyl (C=O) groups is 1. The molecule has 0 atom stereocenters. The second-order valence-corrected chi connectivity index (χ2v) is 6.99. The fourth-order valence-corrected chi connectivity index (χ4v) is 2.92. The lowest BCUT2D eigenvalue weighted by atomic mass is 10.1. The second-order valence-electron chi connectivity index (χ2n) is 5.71. The number of aryl methyl sites for hydroxylation is 1. The molecule has 0 bridgehead atoms. The van der Waals surface area contributed by atoms with Crippen LogP contribution >= 0.6 is 11.3 Å². The van der Waals surface area contributed by atoms with Crippen molar-refractivity contribution >= 4 is 17.7 Å². The summed E-state index contributed by atoms with van der Waals surface area (Å²) in [5, 5.41) is 0. The molecule has 0 aliphatic rings. The molecule has 2 aromatic rings. The quantitative estimate of drug-likeness (QED) is 0.351. The van der Waals surface area contributed by atoms with Crippen molar-refractivity contribution in [3.8, 4) is 10.4 Å². The zero-order valence-corrected chi connectivity index (χ0v) is 16.6. The monoisotopic (exact) mass is 369 g/mol. The van der Waals surface area contributed by atoms with Crippen LogP contribution in [0.2, 0.25) is 0 Å². The molecule has 0 fully saturated rings. The van der Waals surface area contributed by atoms with E-state index in [4.69, 9.17) is 4.74 Å². The van der Waals surface area contributed by atoms with Gasteiger partial charge >= 0.3 is 0 Å². The summed E-state index contributed by atoms with van der Waals surface area (Å²) in [5.74, 6) is 0.591. The number of ether oxygens (including phenoxy) is 1. The van der Waals surface area contributed by atoms with E-state index in [1.54, 1.807) is 25.1 Å². The highest BCUT2D eigenvalue weighted by Crippen LogP contribution is 2.26. The minimum Gasteiger partial charge on any atom is -0.497 e. The Morgan fingerprint density at radius 1 is 1.23 bits per heavy atom. The third-order valence-electron chi connectivity index (χ3n) is 3.60. The Labute approximate surface area is 160 Å². The highest BCUT2D eigenvalue weighted by atomic mass is 32.1. The van der Waals surface area contributed by atoms with Gasteiger partial charge in [-0.25, -0.2) is 0 Å². The van der Waals surface area contributed by atoms with Gasteiger partial charge in [0.25, 0.3) is 0 Å². The molecule has 0 N–H and O–H groups in total. The Morgan fingerprint density at radius 2 is 1.92 bits per heavy atom. The molecule has 0 aliphatic heterocycles. The topological polar surface area (TPSA) is 29.5 Å². The molecule has 0 saturated carbocycles. The number of methoxy groups -OCH3 is 1. The molecule has 4 heteroatoms. The molecular weight excluding hydrogens is 342 g/mol. The lowest BCUT2D eigenvalue weighted by Gasteiger charge is -2.10. The van der Waals surface area contributed by atoms with E-state index < -0.39 is 0 Å². The van der Waals surface area contributed by atoms with Crippen molar-refractivity contribution in [2.75, 3.05) is 20.7 Å². The molecule has 0 saturated heterocycles. The summed E-state index contributed by atoms with van der Waals surface area (Å²) in [5.41, 5.74) is 2.32. The lowest BCUT2D eigenvalue weighted by Crippen LogP contribution is -2.17. The van der Waals surface area contributed by atoms with Gasteiger partial charge in [-0.1, -0.05) is 49.6 Å². The predicted octanol–water partition coefficient (Wildman–Crippen LogP) is 5.46. The van der Waals surface area contributed by atoms with Crippen molar-refractivity contribution in [2.45, 2.75) is 13.3 Å². The van der Waals surface area contributed by atoms with E-state index in [0.29, 0.717) is 12.3 Å². The SMILES string of the molecule is C=C/C(=C\C(=C)OC)CCN(C)C=O.Cc1ccc(-c2ccccc2)s1. The normalized spacial score (nSPS) is 10.3. The average Bonchev–Trinajstić information content (AvgIpc) is 3.12. The number of nitrogens with zero attached hydrogens (tertiary/aromatic N) is 1. The van der Waals surface area contributed by atoms with Crippen LogP contribution in [0.5, 0.6) is 0 Å². The molecule has 1 aromatic heterocycles. The molecule has 138 valence electrons. The molecule has 26 heavy (non-hydrogen) atoms. The van der Waals surface area contributed by atoms with Crippen LogP contribution in [0.4, 0.5) is 0 Å². The lowest BCUT2D eigenvalue weighted by molar-refractivity contribution is -0.116. The molecule has 0 radical (unpaired) electrons. The Morgan fingerprint density at radius 3 is 2.42 bits per heavy atom. The van der Waals surface area contributed by atoms with Gasteiger partial charge < -0.3 is 9.64 Å². The molecule has 0 unspecified atom stereocenters. The Hall–Kier alpha value is -2.59. The molecule has 1 amide bonds. The smallest absolute Gasteiger partial charge is 0.209 e. The van der Waals surface area contributed by atoms with Crippen molar-refractivity contribution in [3.05, 3.63) is 84.0 Å². The van der Waals surface area contributed by atoms with Crippen molar-refractivity contribution in [2.24, 2.45) is 0 Å². The maximum atomic E-state index is 10.3. The van der Waals surface area contributed by atoms with Gasteiger partial charge in [-0.15, -0.1) is 11.3 Å². The number of carbonyl (C=O) groups excluding carboxylic acids is 1. The summed E-state index contributed by atoms with van der Waals surface area (Å²) in [6, 6.07) is 14.8. The second kappa shape index (κ2) is 11.9. The Kier molecular flexibility index (Phi) is 9.80. The van der Waals surface area contributed by atoms with Gasteiger partial charge in [0.15, 0.2) is 0 Å². The van der Waals surface area contributed by atoms with Gasteiger partial charge in [-0.2, -0.15) is 0 Å². The van der Waals surface area contributed by atoms with Gasteiger partial charge in [-0.05, 0) is 42.7 Å². The van der Waals surface area contributed by atoms with Crippen molar-refractivity contribution < 1.29 is 9.53 Å². The number of hydrogen-bond donors (Lipinski definition) is 0. The number of benzene rings is 1. The summed E-state index contributed by atoms with van der Waals surface area (Å²) >= 11 is 1.84. The van der Waals surface area contributed by atoms with Crippen molar-refractivity contribution in [1.82, 2.24) is 4.90 Å². The first-order chi connectivity index (χ1) is 12.5. The fourth-order valence-electron chi connectivity index (χ4n) is 2.05. The van der Waals surface area contributed by atoms with E-state index in [-0.39, 0.29) is 0 Å². The molecule has 0 aliphatic carbocycles. The minimum absolute atomic E-state index is 0.591. The third kappa shape index (κ3) is 7.99. The zero-order chi connectivity index (χ0) is 19.4. The first kappa shape index (κ1) is 21.5. The number of allylic oxidation sites excluding steroid dienone is 2. The van der Waals surface area contributed by atoms with E-state index in [1.165, 1.54) is 15.3 Å². The first-order valence-electron chi connectivity index (χ1n) is 8.33. The van der Waals surface area contributed by atoms with Crippen LogP contribution < -0.4 is 0 Å². The van der Waals surface area contributed by atoms with Crippen LogP contribution in [0, 0.1) is 6.92 Å². The van der Waals surface area contributed by atoms with Crippen LogP contribution in [0.1, 0.15) is 11.3 Å². The Bertz CT molecular complexity index is 732. The third-order valence-corrected chi connectivity index (χ3v) is 4.65. The largest absolute Gasteiger partial charge is 0.497 e. The first-order valence-corrected chi connectivity index (χ1v) is 9.15. The van der Waals surface area contributed by atoms with Crippen LogP contribution in [0.3, 0.4) is 0 Å².